The third kappa shape index (κ3) is 5.15. The Balaban J connectivity index is 2.78. The molecule has 0 spiro atoms. The van der Waals surface area contributed by atoms with Crippen molar-refractivity contribution in [3.8, 4) is 0 Å². The second-order valence-electron chi connectivity index (χ2n) is 4.04. The Morgan fingerprint density at radius 2 is 2.17 bits per heavy atom. The highest BCUT2D eigenvalue weighted by Crippen LogP contribution is 2.20. The Bertz CT molecular complexity index is 528. The lowest BCUT2D eigenvalue weighted by atomic mass is 10.0. The summed E-state index contributed by atoms with van der Waals surface area (Å²) in [6, 6.07) is 6.19. The second kappa shape index (κ2) is 5.83. The Labute approximate surface area is 106 Å². The van der Waals surface area contributed by atoms with Gasteiger partial charge in [-0.05, 0) is 24.1 Å². The van der Waals surface area contributed by atoms with E-state index in [-0.39, 0.29) is 6.42 Å². The van der Waals surface area contributed by atoms with Gasteiger partial charge in [-0.2, -0.15) is 0 Å². The quantitative estimate of drug-likeness (QED) is 0.713. The van der Waals surface area contributed by atoms with Crippen LogP contribution >= 0.6 is 0 Å². The van der Waals surface area contributed by atoms with Crippen molar-refractivity contribution in [1.82, 2.24) is 0 Å². The monoisotopic (exact) mass is 272 g/mol. The normalized spacial score (nSPS) is 13.0. The fraction of sp³-hybridized carbons (Fsp3) is 0.364. The van der Waals surface area contributed by atoms with Gasteiger partial charge in [-0.1, -0.05) is 12.1 Å². The maximum absolute atomic E-state index is 11.1. The van der Waals surface area contributed by atoms with Gasteiger partial charge >= 0.3 is 5.97 Å². The van der Waals surface area contributed by atoms with Crippen molar-refractivity contribution in [3.05, 3.63) is 29.8 Å². The highest BCUT2D eigenvalue weighted by atomic mass is 32.2. The molecule has 0 bridgehead atoms. The fourth-order valence-corrected chi connectivity index (χ4v) is 2.05. The highest BCUT2D eigenvalue weighted by Gasteiger charge is 2.10. The van der Waals surface area contributed by atoms with Gasteiger partial charge in [0.15, 0.2) is 0 Å². The molecule has 1 rings (SSSR count). The molecule has 1 aromatic rings. The van der Waals surface area contributed by atoms with Crippen LogP contribution in [-0.2, 0) is 14.8 Å². The topological polar surface area (TPSA) is 109 Å². The molecule has 0 aliphatic heterocycles. The molecule has 1 aromatic carbocycles. The summed E-state index contributed by atoms with van der Waals surface area (Å²) in [5.74, 6) is -0.907. The largest absolute Gasteiger partial charge is 0.481 e. The molecule has 0 fully saturated rings. The van der Waals surface area contributed by atoms with Crippen molar-refractivity contribution in [2.24, 2.45) is 5.73 Å². The standard InChI is InChI=1S/C11H16N2O4S/c1-18(16,17)13-9-4-2-3-8(7-9)10(12)5-6-11(14)15/h2-4,7,10,13H,5-6,12H2,1H3,(H,14,15). The van der Waals surface area contributed by atoms with E-state index in [1.807, 2.05) is 0 Å². The van der Waals surface area contributed by atoms with Crippen molar-refractivity contribution < 1.29 is 18.3 Å². The first-order valence-corrected chi connectivity index (χ1v) is 7.22. The van der Waals surface area contributed by atoms with Crippen molar-refractivity contribution >= 4 is 21.7 Å². The van der Waals surface area contributed by atoms with E-state index in [1.54, 1.807) is 24.3 Å². The van der Waals surface area contributed by atoms with E-state index in [0.717, 1.165) is 6.26 Å². The van der Waals surface area contributed by atoms with Crippen molar-refractivity contribution in [2.75, 3.05) is 11.0 Å². The van der Waals surface area contributed by atoms with E-state index in [4.69, 9.17) is 10.8 Å². The molecule has 1 unspecified atom stereocenters. The van der Waals surface area contributed by atoms with Crippen molar-refractivity contribution in [2.45, 2.75) is 18.9 Å². The van der Waals surface area contributed by atoms with E-state index in [2.05, 4.69) is 4.72 Å². The number of carboxylic acid groups (broad SMARTS) is 1. The molecule has 6 nitrogen and oxygen atoms in total. The minimum absolute atomic E-state index is 0.0229. The molecule has 0 saturated heterocycles. The first-order valence-electron chi connectivity index (χ1n) is 5.33. The summed E-state index contributed by atoms with van der Waals surface area (Å²) in [7, 11) is -3.33. The Morgan fingerprint density at radius 1 is 1.50 bits per heavy atom. The summed E-state index contributed by atoms with van der Waals surface area (Å²) in [6.45, 7) is 0. The first kappa shape index (κ1) is 14.5. The molecule has 0 aliphatic rings. The third-order valence-corrected chi connectivity index (χ3v) is 2.89. The number of carbonyl (C=O) groups is 1. The van der Waals surface area contributed by atoms with Gasteiger partial charge in [0, 0.05) is 18.2 Å². The second-order valence-corrected chi connectivity index (χ2v) is 5.79. The number of sulfonamides is 1. The van der Waals surface area contributed by atoms with E-state index in [9.17, 15) is 13.2 Å². The van der Waals surface area contributed by atoms with Crippen LogP contribution in [-0.4, -0.2) is 25.7 Å². The molecular weight excluding hydrogens is 256 g/mol. The average molecular weight is 272 g/mol. The highest BCUT2D eigenvalue weighted by molar-refractivity contribution is 7.92. The summed E-state index contributed by atoms with van der Waals surface area (Å²) in [5, 5.41) is 8.57. The maximum Gasteiger partial charge on any atom is 0.303 e. The average Bonchev–Trinajstić information content (AvgIpc) is 2.23. The van der Waals surface area contributed by atoms with E-state index in [0.29, 0.717) is 17.7 Å². The number of rotatable bonds is 6. The molecule has 100 valence electrons. The summed E-state index contributed by atoms with van der Waals surface area (Å²) in [4.78, 5) is 10.4. The van der Waals surface area contributed by atoms with Gasteiger partial charge in [0.25, 0.3) is 0 Å². The number of nitrogens with one attached hydrogen (secondary N) is 1. The van der Waals surface area contributed by atoms with Crippen molar-refractivity contribution in [1.29, 1.82) is 0 Å². The number of hydrogen-bond acceptors (Lipinski definition) is 4. The van der Waals surface area contributed by atoms with Crippen LogP contribution in [0, 0.1) is 0 Å². The van der Waals surface area contributed by atoms with Gasteiger partial charge in [-0.15, -0.1) is 0 Å². The maximum atomic E-state index is 11.1. The van der Waals surface area contributed by atoms with Crippen LogP contribution in [0.5, 0.6) is 0 Å². The number of nitrogens with two attached hydrogens (primary N) is 1. The zero-order chi connectivity index (χ0) is 13.8. The van der Waals surface area contributed by atoms with Crippen LogP contribution in [0.1, 0.15) is 24.4 Å². The molecule has 4 N–H and O–H groups in total. The van der Waals surface area contributed by atoms with Crippen LogP contribution in [0.15, 0.2) is 24.3 Å². The lowest BCUT2D eigenvalue weighted by Gasteiger charge is -2.12. The van der Waals surface area contributed by atoms with Crippen molar-refractivity contribution in [3.63, 3.8) is 0 Å². The van der Waals surface area contributed by atoms with Crippen LogP contribution in [0.25, 0.3) is 0 Å². The first-order chi connectivity index (χ1) is 8.28. The number of aliphatic carboxylic acids is 1. The minimum atomic E-state index is -3.33. The van der Waals surface area contributed by atoms with E-state index in [1.165, 1.54) is 0 Å². The number of carboxylic acids is 1. The Kier molecular flexibility index (Phi) is 4.69. The summed E-state index contributed by atoms with van der Waals surface area (Å²) in [6.07, 6.45) is 1.34. The Morgan fingerprint density at radius 3 is 2.72 bits per heavy atom. The summed E-state index contributed by atoms with van der Waals surface area (Å²) in [5.41, 5.74) is 6.95. The zero-order valence-electron chi connectivity index (χ0n) is 9.96. The summed E-state index contributed by atoms with van der Waals surface area (Å²) < 4.78 is 24.5. The van der Waals surface area contributed by atoms with Gasteiger partial charge in [-0.25, -0.2) is 8.42 Å². The lowest BCUT2D eigenvalue weighted by Crippen LogP contribution is -2.14. The molecule has 18 heavy (non-hydrogen) atoms. The van der Waals surface area contributed by atoms with Gasteiger partial charge < -0.3 is 10.8 Å². The number of benzene rings is 1. The molecule has 0 radical (unpaired) electrons. The number of hydrogen-bond donors (Lipinski definition) is 3. The predicted molar refractivity (Wildman–Crippen MR) is 68.7 cm³/mol. The van der Waals surface area contributed by atoms with Gasteiger partial charge in [-0.3, -0.25) is 9.52 Å². The SMILES string of the molecule is CS(=O)(=O)Nc1cccc(C(N)CCC(=O)O)c1. The van der Waals surface area contributed by atoms with Crippen LogP contribution in [0.4, 0.5) is 5.69 Å². The van der Waals surface area contributed by atoms with Crippen LogP contribution in [0.2, 0.25) is 0 Å². The predicted octanol–water partition coefficient (Wildman–Crippen LogP) is 0.923. The molecule has 0 amide bonds. The smallest absolute Gasteiger partial charge is 0.303 e. The molecule has 0 aliphatic carbocycles. The van der Waals surface area contributed by atoms with Crippen LogP contribution in [0.3, 0.4) is 0 Å². The van der Waals surface area contributed by atoms with Gasteiger partial charge in [0.05, 0.1) is 6.26 Å². The lowest BCUT2D eigenvalue weighted by molar-refractivity contribution is -0.137. The molecule has 0 aromatic heterocycles. The molecule has 1 atom stereocenters. The third-order valence-electron chi connectivity index (χ3n) is 2.29. The van der Waals surface area contributed by atoms with E-state index < -0.39 is 22.0 Å². The number of anilines is 1. The zero-order valence-corrected chi connectivity index (χ0v) is 10.8. The molecule has 7 heteroatoms. The molecule has 0 saturated carbocycles. The molecular formula is C11H16N2O4S. The fourth-order valence-electron chi connectivity index (χ4n) is 1.49. The van der Waals surface area contributed by atoms with Crippen LogP contribution < -0.4 is 10.5 Å². The van der Waals surface area contributed by atoms with Gasteiger partial charge in [0.2, 0.25) is 10.0 Å². The van der Waals surface area contributed by atoms with Gasteiger partial charge in [0.1, 0.15) is 0 Å². The minimum Gasteiger partial charge on any atom is -0.481 e. The molecule has 0 heterocycles. The Hall–Kier alpha value is -1.60. The van der Waals surface area contributed by atoms with E-state index >= 15 is 0 Å². The summed E-state index contributed by atoms with van der Waals surface area (Å²) >= 11 is 0.